The van der Waals surface area contributed by atoms with Crippen molar-refractivity contribution in [3.05, 3.63) is 203 Å². The summed E-state index contributed by atoms with van der Waals surface area (Å²) in [5.74, 6) is 0. The molecule has 0 spiro atoms. The van der Waals surface area contributed by atoms with Crippen molar-refractivity contribution < 1.29 is 0 Å². The molecule has 2 N–H and O–H groups in total. The first-order valence-corrected chi connectivity index (χ1v) is 20.0. The number of aryl methyl sites for hydroxylation is 2. The minimum Gasteiger partial charge on any atom is -0.398 e. The smallest absolute Gasteiger partial charge is 0.0387 e. The first-order valence-electron chi connectivity index (χ1n) is 20.0. The zero-order chi connectivity index (χ0) is 37.8. The van der Waals surface area contributed by atoms with Crippen LogP contribution >= 0.6 is 0 Å². The molecule has 0 atom stereocenters. The molecule has 0 bridgehead atoms. The first kappa shape index (κ1) is 36.1. The van der Waals surface area contributed by atoms with Gasteiger partial charge in [-0.05, 0) is 140 Å². The Balaban J connectivity index is 0.947. The number of nitrogens with two attached hydrogens (primary N) is 1. The van der Waals surface area contributed by atoms with E-state index in [1.54, 1.807) is 0 Å². The lowest BCUT2D eigenvalue weighted by Gasteiger charge is -2.22. The summed E-state index contributed by atoms with van der Waals surface area (Å²) in [6.07, 6.45) is 11.6. The minimum absolute atomic E-state index is 0.0972. The molecule has 1 heteroatoms. The fourth-order valence-electron chi connectivity index (χ4n) is 8.48. The maximum Gasteiger partial charge on any atom is 0.0387 e. The topological polar surface area (TPSA) is 26.0 Å². The highest BCUT2D eigenvalue weighted by atomic mass is 14.6. The van der Waals surface area contributed by atoms with Crippen LogP contribution in [0.15, 0.2) is 170 Å². The van der Waals surface area contributed by atoms with E-state index < -0.39 is 0 Å². The maximum absolute atomic E-state index is 6.79. The lowest BCUT2D eigenvalue weighted by Crippen LogP contribution is -2.15. The predicted molar refractivity (Wildman–Crippen MR) is 237 cm³/mol. The Bertz CT molecular complexity index is 2530. The van der Waals surface area contributed by atoms with Crippen LogP contribution in [-0.2, 0) is 18.3 Å². The quantitative estimate of drug-likeness (QED) is 0.0990. The van der Waals surface area contributed by atoms with E-state index in [4.69, 9.17) is 5.73 Å². The first-order chi connectivity index (χ1) is 26.8. The largest absolute Gasteiger partial charge is 0.398 e. The van der Waals surface area contributed by atoms with Crippen molar-refractivity contribution in [2.75, 3.05) is 0 Å². The highest BCUT2D eigenvalue weighted by Gasteiger charge is 2.36. The Morgan fingerprint density at radius 2 is 1.15 bits per heavy atom. The van der Waals surface area contributed by atoms with Crippen LogP contribution < -0.4 is 5.73 Å². The lowest BCUT2D eigenvalue weighted by molar-refractivity contribution is 0.640. The zero-order valence-electron chi connectivity index (χ0n) is 32.5. The number of hydrogen-bond donors (Lipinski definition) is 1. The van der Waals surface area contributed by atoms with Gasteiger partial charge in [0.15, 0.2) is 0 Å². The van der Waals surface area contributed by atoms with Gasteiger partial charge in [0, 0.05) is 11.1 Å². The Kier molecular flexibility index (Phi) is 10.4. The van der Waals surface area contributed by atoms with Crippen molar-refractivity contribution in [2.45, 2.75) is 64.7 Å². The Labute approximate surface area is 327 Å². The van der Waals surface area contributed by atoms with Crippen LogP contribution in [-0.4, -0.2) is 0 Å². The van der Waals surface area contributed by atoms with Gasteiger partial charge in [-0.15, -0.1) is 0 Å². The van der Waals surface area contributed by atoms with E-state index in [1.807, 2.05) is 0 Å². The third-order valence-corrected chi connectivity index (χ3v) is 11.7. The van der Waals surface area contributed by atoms with Gasteiger partial charge in [0.2, 0.25) is 0 Å². The summed E-state index contributed by atoms with van der Waals surface area (Å²) in [5, 5.41) is 2.60. The Morgan fingerprint density at radius 3 is 1.93 bits per heavy atom. The van der Waals surface area contributed by atoms with Crippen LogP contribution in [0.1, 0.15) is 79.8 Å². The van der Waals surface area contributed by atoms with E-state index >= 15 is 0 Å². The molecule has 0 amide bonds. The summed E-state index contributed by atoms with van der Waals surface area (Å²) in [5.41, 5.74) is 24.1. The van der Waals surface area contributed by atoms with Crippen LogP contribution in [0.4, 0.5) is 0 Å². The number of unbranched alkanes of at least 4 members (excludes halogenated alkanes) is 3. The van der Waals surface area contributed by atoms with E-state index in [0.717, 1.165) is 17.7 Å². The molecule has 0 unspecified atom stereocenters. The van der Waals surface area contributed by atoms with E-state index in [-0.39, 0.29) is 5.41 Å². The lowest BCUT2D eigenvalue weighted by atomic mass is 9.81. The van der Waals surface area contributed by atoms with E-state index in [9.17, 15) is 0 Å². The molecule has 1 aliphatic carbocycles. The number of hydrogen-bond acceptors (Lipinski definition) is 1. The van der Waals surface area contributed by atoms with Gasteiger partial charge in [-0.3, -0.25) is 0 Å². The average Bonchev–Trinajstić information content (AvgIpc) is 3.47. The van der Waals surface area contributed by atoms with Gasteiger partial charge in [0.05, 0.1) is 0 Å². The van der Waals surface area contributed by atoms with Gasteiger partial charge in [0.25, 0.3) is 0 Å². The normalized spacial score (nSPS) is 13.5. The van der Waals surface area contributed by atoms with Crippen molar-refractivity contribution in [1.82, 2.24) is 0 Å². The molecule has 272 valence electrons. The Morgan fingerprint density at radius 1 is 0.509 bits per heavy atom. The van der Waals surface area contributed by atoms with E-state index in [2.05, 4.69) is 191 Å². The fraction of sp³-hybridized carbons (Fsp3) is 0.185. The number of rotatable bonds is 12. The van der Waals surface area contributed by atoms with Gasteiger partial charge in [0.1, 0.15) is 0 Å². The van der Waals surface area contributed by atoms with Gasteiger partial charge in [-0.2, -0.15) is 0 Å². The maximum atomic E-state index is 6.79. The Hall–Kier alpha value is -5.92. The van der Waals surface area contributed by atoms with Crippen molar-refractivity contribution in [3.8, 4) is 33.4 Å². The standard InChI is InChI=1S/C54H51N/c1-38(28-33-52(55)47-29-31-49-51(37-47)54(2,3)50-32-30-41-21-11-12-27-48(41)53(49)50)42-22-14-24-44(35-42)46-26-15-25-45(36-46)43-23-13-20-40(34-43)19-8-5-4-7-16-39-17-9-6-10-18-39/h6,9-15,17-18,20-37H,4-5,7-8,16,19,55H2,1-3H3/b38-28+,52-33-. The molecule has 0 radical (unpaired) electrons. The van der Waals surface area contributed by atoms with Gasteiger partial charge in [-0.1, -0.05) is 172 Å². The highest BCUT2D eigenvalue weighted by Crippen LogP contribution is 2.51. The summed E-state index contributed by atoms with van der Waals surface area (Å²) in [4.78, 5) is 0. The van der Waals surface area contributed by atoms with Gasteiger partial charge >= 0.3 is 0 Å². The second-order valence-electron chi connectivity index (χ2n) is 15.8. The average molecular weight is 714 g/mol. The van der Waals surface area contributed by atoms with Crippen molar-refractivity contribution >= 4 is 22.0 Å². The molecule has 0 fully saturated rings. The van der Waals surface area contributed by atoms with Crippen LogP contribution in [0.5, 0.6) is 0 Å². The molecule has 7 aromatic carbocycles. The van der Waals surface area contributed by atoms with Crippen LogP contribution in [0.2, 0.25) is 0 Å². The van der Waals surface area contributed by atoms with E-state index in [0.29, 0.717) is 0 Å². The second-order valence-corrected chi connectivity index (χ2v) is 15.8. The molecule has 7 aromatic rings. The molecule has 0 aromatic heterocycles. The van der Waals surface area contributed by atoms with Crippen LogP contribution in [0, 0.1) is 0 Å². The van der Waals surface area contributed by atoms with Gasteiger partial charge in [-0.25, -0.2) is 0 Å². The van der Waals surface area contributed by atoms with Crippen LogP contribution in [0.3, 0.4) is 0 Å². The van der Waals surface area contributed by atoms with E-state index in [1.165, 1.54) is 110 Å². The minimum atomic E-state index is -0.0972. The summed E-state index contributed by atoms with van der Waals surface area (Å²) in [7, 11) is 0. The third-order valence-electron chi connectivity index (χ3n) is 11.7. The SMILES string of the molecule is C/C(=C\C=C(/N)c1ccc2c(c1)C(C)(C)c1ccc3ccccc3c1-2)c1cccc(-c2cccc(-c3cccc(CCCCCCc4ccccc4)c3)c2)c1. The fourth-order valence-corrected chi connectivity index (χ4v) is 8.48. The van der Waals surface area contributed by atoms with Crippen molar-refractivity contribution in [3.63, 3.8) is 0 Å². The predicted octanol–water partition coefficient (Wildman–Crippen LogP) is 14.2. The van der Waals surface area contributed by atoms with Crippen LogP contribution in [0.25, 0.3) is 55.4 Å². The molecule has 0 aliphatic heterocycles. The molecule has 0 saturated carbocycles. The molecule has 0 heterocycles. The van der Waals surface area contributed by atoms with Crippen molar-refractivity contribution in [2.24, 2.45) is 5.73 Å². The molecule has 8 rings (SSSR count). The van der Waals surface area contributed by atoms with Gasteiger partial charge < -0.3 is 5.73 Å². The summed E-state index contributed by atoms with van der Waals surface area (Å²) < 4.78 is 0. The number of benzene rings is 7. The number of fused-ring (bicyclic) bond motifs is 5. The molecule has 0 saturated heterocycles. The molecular formula is C54H51N. The molecular weight excluding hydrogens is 663 g/mol. The zero-order valence-corrected chi connectivity index (χ0v) is 32.5. The summed E-state index contributed by atoms with van der Waals surface area (Å²) in [6, 6.07) is 57.8. The summed E-state index contributed by atoms with van der Waals surface area (Å²) in [6.45, 7) is 6.83. The number of allylic oxidation sites excluding steroid dienone is 3. The monoisotopic (exact) mass is 713 g/mol. The van der Waals surface area contributed by atoms with Crippen molar-refractivity contribution in [1.29, 1.82) is 0 Å². The third kappa shape index (κ3) is 7.71. The molecule has 1 aliphatic rings. The molecule has 55 heavy (non-hydrogen) atoms. The second kappa shape index (κ2) is 15.8. The molecule has 1 nitrogen and oxygen atoms in total. The summed E-state index contributed by atoms with van der Waals surface area (Å²) >= 11 is 0. The highest BCUT2D eigenvalue weighted by molar-refractivity contribution is 6.02.